The molecule has 0 aliphatic heterocycles. The minimum Gasteiger partial charge on any atom is -0.326 e. The fraction of sp³-hybridized carbons (Fsp3) is 0.462. The van der Waals surface area contributed by atoms with Crippen molar-refractivity contribution in [3.05, 3.63) is 29.8 Å². The number of amides is 1. The third-order valence-corrected chi connectivity index (χ3v) is 2.29. The van der Waals surface area contributed by atoms with Gasteiger partial charge in [-0.15, -0.1) is 0 Å². The predicted octanol–water partition coefficient (Wildman–Crippen LogP) is 2.34. The van der Waals surface area contributed by atoms with Crippen molar-refractivity contribution >= 4 is 11.6 Å². The Hall–Kier alpha value is -1.35. The van der Waals surface area contributed by atoms with Crippen LogP contribution in [0.25, 0.3) is 0 Å². The summed E-state index contributed by atoms with van der Waals surface area (Å²) >= 11 is 0. The average molecular weight is 220 g/mol. The van der Waals surface area contributed by atoms with Gasteiger partial charge in [0.15, 0.2) is 0 Å². The van der Waals surface area contributed by atoms with Crippen molar-refractivity contribution in [1.82, 2.24) is 4.90 Å². The molecule has 1 N–H and O–H groups in total. The maximum atomic E-state index is 11.6. The maximum absolute atomic E-state index is 11.6. The van der Waals surface area contributed by atoms with Gasteiger partial charge < -0.3 is 10.2 Å². The van der Waals surface area contributed by atoms with Crippen LogP contribution in [0, 0.1) is 5.92 Å². The fourth-order valence-corrected chi connectivity index (χ4v) is 1.40. The van der Waals surface area contributed by atoms with E-state index in [0.29, 0.717) is 0 Å². The van der Waals surface area contributed by atoms with E-state index in [-0.39, 0.29) is 11.8 Å². The lowest BCUT2D eigenvalue weighted by Gasteiger charge is -2.15. The summed E-state index contributed by atoms with van der Waals surface area (Å²) in [5, 5.41) is 2.95. The van der Waals surface area contributed by atoms with Crippen LogP contribution < -0.4 is 5.32 Å². The van der Waals surface area contributed by atoms with Gasteiger partial charge in [0.25, 0.3) is 0 Å². The summed E-state index contributed by atoms with van der Waals surface area (Å²) < 4.78 is 0. The van der Waals surface area contributed by atoms with Crippen molar-refractivity contribution in [2.45, 2.75) is 20.4 Å². The summed E-state index contributed by atoms with van der Waals surface area (Å²) in [6.07, 6.45) is 0. The van der Waals surface area contributed by atoms with Crippen LogP contribution in [0.4, 0.5) is 5.69 Å². The van der Waals surface area contributed by atoms with Crippen LogP contribution in [0.3, 0.4) is 0 Å². The molecule has 0 saturated heterocycles. The number of nitrogens with zero attached hydrogens (tertiary/aromatic N) is 1. The second-order valence-electron chi connectivity index (χ2n) is 4.54. The molecule has 3 heteroatoms. The minimum atomic E-state index is 0.00686. The zero-order chi connectivity index (χ0) is 12.1. The lowest BCUT2D eigenvalue weighted by atomic mass is 10.1. The van der Waals surface area contributed by atoms with Crippen molar-refractivity contribution in [2.24, 2.45) is 5.92 Å². The minimum absolute atomic E-state index is 0.00686. The summed E-state index contributed by atoms with van der Waals surface area (Å²) in [5.41, 5.74) is 2.05. The van der Waals surface area contributed by atoms with Gasteiger partial charge in [-0.25, -0.2) is 0 Å². The van der Waals surface area contributed by atoms with Crippen molar-refractivity contribution in [1.29, 1.82) is 0 Å². The van der Waals surface area contributed by atoms with Gasteiger partial charge in [0.2, 0.25) is 5.91 Å². The molecule has 0 unspecified atom stereocenters. The van der Waals surface area contributed by atoms with Gasteiger partial charge in [-0.3, -0.25) is 4.79 Å². The molecule has 0 atom stereocenters. The van der Waals surface area contributed by atoms with Gasteiger partial charge in [0.1, 0.15) is 0 Å². The topological polar surface area (TPSA) is 32.3 Å². The molecular weight excluding hydrogens is 200 g/mol. The Labute approximate surface area is 97.5 Å². The molecule has 88 valence electrons. The summed E-state index contributed by atoms with van der Waals surface area (Å²) in [6.45, 7) is 4.61. The van der Waals surface area contributed by atoms with E-state index in [9.17, 15) is 4.79 Å². The Morgan fingerprint density at radius 1 is 1.31 bits per heavy atom. The monoisotopic (exact) mass is 220 g/mol. The molecule has 0 aliphatic carbocycles. The Balaban J connectivity index is 2.82. The first-order valence-corrected chi connectivity index (χ1v) is 5.54. The average Bonchev–Trinajstić information content (AvgIpc) is 2.20. The lowest BCUT2D eigenvalue weighted by Crippen LogP contribution is -2.20. The number of benzene rings is 1. The Kier molecular flexibility index (Phi) is 4.50. The number of hydrogen-bond acceptors (Lipinski definition) is 2. The van der Waals surface area contributed by atoms with Crippen LogP contribution in [0.1, 0.15) is 19.4 Å². The highest BCUT2D eigenvalue weighted by Gasteiger charge is 2.09. The highest BCUT2D eigenvalue weighted by Crippen LogP contribution is 2.17. The summed E-state index contributed by atoms with van der Waals surface area (Å²) in [7, 11) is 4.03. The van der Waals surface area contributed by atoms with Gasteiger partial charge in [-0.05, 0) is 25.7 Å². The molecule has 0 fully saturated rings. The van der Waals surface area contributed by atoms with Gasteiger partial charge >= 0.3 is 0 Å². The van der Waals surface area contributed by atoms with E-state index in [0.717, 1.165) is 17.8 Å². The van der Waals surface area contributed by atoms with Gasteiger partial charge in [-0.1, -0.05) is 32.0 Å². The summed E-state index contributed by atoms with van der Waals surface area (Å²) in [5.74, 6) is 0.0682. The first-order valence-electron chi connectivity index (χ1n) is 5.54. The third-order valence-electron chi connectivity index (χ3n) is 2.29. The number of carbonyl (C=O) groups is 1. The first kappa shape index (κ1) is 12.7. The molecule has 1 aromatic carbocycles. The zero-order valence-electron chi connectivity index (χ0n) is 10.4. The second-order valence-corrected chi connectivity index (χ2v) is 4.54. The van der Waals surface area contributed by atoms with Crippen LogP contribution in [0.2, 0.25) is 0 Å². The second kappa shape index (κ2) is 5.66. The molecule has 0 heterocycles. The molecule has 0 bridgehead atoms. The van der Waals surface area contributed by atoms with Crippen LogP contribution >= 0.6 is 0 Å². The molecular formula is C13H20N2O. The van der Waals surface area contributed by atoms with Gasteiger partial charge in [0.05, 0.1) is 0 Å². The standard InChI is InChI=1S/C13H20N2O/c1-10(2)13(16)14-12-8-6-5-7-11(12)9-15(3)4/h5-8,10H,9H2,1-4H3,(H,14,16). The van der Waals surface area contributed by atoms with Crippen LogP contribution in [0.15, 0.2) is 24.3 Å². The molecule has 0 radical (unpaired) electrons. The zero-order valence-corrected chi connectivity index (χ0v) is 10.4. The van der Waals surface area contributed by atoms with Crippen molar-refractivity contribution < 1.29 is 4.79 Å². The number of rotatable bonds is 4. The van der Waals surface area contributed by atoms with E-state index in [4.69, 9.17) is 0 Å². The Morgan fingerprint density at radius 2 is 1.94 bits per heavy atom. The molecule has 0 aromatic heterocycles. The molecule has 1 rings (SSSR count). The number of para-hydroxylation sites is 1. The molecule has 1 aromatic rings. The van der Waals surface area contributed by atoms with Crippen molar-refractivity contribution in [3.8, 4) is 0 Å². The lowest BCUT2D eigenvalue weighted by molar-refractivity contribution is -0.118. The van der Waals surface area contributed by atoms with E-state index in [1.54, 1.807) is 0 Å². The first-order chi connectivity index (χ1) is 7.50. The summed E-state index contributed by atoms with van der Waals surface area (Å²) in [6, 6.07) is 7.91. The molecule has 0 saturated carbocycles. The third kappa shape index (κ3) is 3.66. The molecule has 3 nitrogen and oxygen atoms in total. The highest BCUT2D eigenvalue weighted by molar-refractivity contribution is 5.92. The number of nitrogens with one attached hydrogen (secondary N) is 1. The van der Waals surface area contributed by atoms with Crippen LogP contribution in [-0.4, -0.2) is 24.9 Å². The largest absolute Gasteiger partial charge is 0.326 e. The van der Waals surface area contributed by atoms with E-state index in [1.807, 2.05) is 52.2 Å². The fourth-order valence-electron chi connectivity index (χ4n) is 1.40. The van der Waals surface area contributed by atoms with E-state index in [1.165, 1.54) is 0 Å². The van der Waals surface area contributed by atoms with E-state index < -0.39 is 0 Å². The van der Waals surface area contributed by atoms with E-state index >= 15 is 0 Å². The van der Waals surface area contributed by atoms with Gasteiger partial charge in [-0.2, -0.15) is 0 Å². The smallest absolute Gasteiger partial charge is 0.226 e. The van der Waals surface area contributed by atoms with E-state index in [2.05, 4.69) is 10.2 Å². The molecule has 0 spiro atoms. The van der Waals surface area contributed by atoms with Crippen molar-refractivity contribution in [3.63, 3.8) is 0 Å². The highest BCUT2D eigenvalue weighted by atomic mass is 16.1. The summed E-state index contributed by atoms with van der Waals surface area (Å²) in [4.78, 5) is 13.7. The SMILES string of the molecule is CC(C)C(=O)Nc1ccccc1CN(C)C. The Morgan fingerprint density at radius 3 is 2.50 bits per heavy atom. The quantitative estimate of drug-likeness (QED) is 0.844. The van der Waals surface area contributed by atoms with Crippen LogP contribution in [0.5, 0.6) is 0 Å². The maximum Gasteiger partial charge on any atom is 0.226 e. The predicted molar refractivity (Wildman–Crippen MR) is 67.3 cm³/mol. The normalized spacial score (nSPS) is 10.9. The number of anilines is 1. The van der Waals surface area contributed by atoms with Gasteiger partial charge in [0, 0.05) is 18.2 Å². The number of hydrogen-bond donors (Lipinski definition) is 1. The number of carbonyl (C=O) groups excluding carboxylic acids is 1. The Bertz CT molecular complexity index is 359. The van der Waals surface area contributed by atoms with Crippen LogP contribution in [-0.2, 0) is 11.3 Å². The van der Waals surface area contributed by atoms with Crippen molar-refractivity contribution in [2.75, 3.05) is 19.4 Å². The molecule has 0 aliphatic rings. The molecule has 16 heavy (non-hydrogen) atoms. The molecule has 1 amide bonds.